The van der Waals surface area contributed by atoms with Crippen molar-refractivity contribution in [2.45, 2.75) is 12.5 Å². The molecule has 1 aromatic carbocycles. The molecule has 1 atom stereocenters. The van der Waals surface area contributed by atoms with Crippen molar-refractivity contribution in [3.8, 4) is 11.5 Å². The van der Waals surface area contributed by atoms with E-state index in [1.54, 1.807) is 13.3 Å². The monoisotopic (exact) mass is 418 g/mol. The number of nitrogens with one attached hydrogen (secondary N) is 1. The number of pyridine rings is 1. The number of para-hydroxylation sites is 1. The van der Waals surface area contributed by atoms with Gasteiger partial charge in [-0.05, 0) is 28.1 Å². The molecule has 3 aromatic rings. The lowest BCUT2D eigenvalue weighted by molar-refractivity contribution is 0.0926. The van der Waals surface area contributed by atoms with E-state index >= 15 is 0 Å². The second kappa shape index (κ2) is 6.65. The molecule has 3 heterocycles. The zero-order chi connectivity index (χ0) is 17.4. The third-order valence-electron chi connectivity index (χ3n) is 4.19. The molecule has 0 fully saturated rings. The lowest BCUT2D eigenvalue weighted by Crippen LogP contribution is -2.31. The first-order valence-electron chi connectivity index (χ1n) is 7.82. The van der Waals surface area contributed by atoms with Crippen molar-refractivity contribution in [2.75, 3.05) is 13.7 Å². The van der Waals surface area contributed by atoms with E-state index in [1.807, 2.05) is 30.3 Å². The van der Waals surface area contributed by atoms with Crippen molar-refractivity contribution in [2.24, 2.45) is 0 Å². The van der Waals surface area contributed by atoms with Crippen LogP contribution in [0.15, 0.2) is 41.1 Å². The lowest BCUT2D eigenvalue weighted by Gasteiger charge is -2.26. The van der Waals surface area contributed by atoms with Crippen LogP contribution in [0, 0.1) is 0 Å². The summed E-state index contributed by atoms with van der Waals surface area (Å²) in [6.45, 7) is 0.584. The number of hydrogen-bond donors (Lipinski definition) is 1. The Balaban J connectivity index is 1.69. The molecule has 128 valence electrons. The molecule has 0 bridgehead atoms. The molecule has 4 rings (SSSR count). The summed E-state index contributed by atoms with van der Waals surface area (Å²) in [4.78, 5) is 17.7. The molecule has 0 saturated heterocycles. The van der Waals surface area contributed by atoms with Gasteiger partial charge in [0.1, 0.15) is 21.0 Å². The standard InChI is InChI=1S/C18H15BrN2O3S/c1-23-14-11-6-8-20-17(19)15(11)25-16(14)18(22)21-12-7-9-24-13-5-3-2-4-10(12)13/h2-6,8,12H,7,9H2,1H3,(H,21,22)/t12-/m0/s1. The van der Waals surface area contributed by atoms with E-state index in [1.165, 1.54) is 11.3 Å². The summed E-state index contributed by atoms with van der Waals surface area (Å²) in [6.07, 6.45) is 2.43. The third kappa shape index (κ3) is 2.87. The molecule has 0 unspecified atom stereocenters. The van der Waals surface area contributed by atoms with E-state index in [0.29, 0.717) is 21.8 Å². The summed E-state index contributed by atoms with van der Waals surface area (Å²) in [5, 5.41) is 4.00. The Morgan fingerprint density at radius 2 is 2.24 bits per heavy atom. The second-order valence-corrected chi connectivity index (χ2v) is 7.42. The molecule has 1 N–H and O–H groups in total. The number of thiophene rings is 1. The van der Waals surface area contributed by atoms with Gasteiger partial charge in [0.25, 0.3) is 5.91 Å². The number of aromatic nitrogens is 1. The molecule has 1 aliphatic heterocycles. The zero-order valence-electron chi connectivity index (χ0n) is 13.4. The smallest absolute Gasteiger partial charge is 0.265 e. The average Bonchev–Trinajstić information content (AvgIpc) is 3.02. The molecular formula is C18H15BrN2O3S. The van der Waals surface area contributed by atoms with E-state index in [0.717, 1.165) is 27.8 Å². The Bertz CT molecular complexity index is 957. The molecule has 0 saturated carbocycles. The number of benzene rings is 1. The minimum absolute atomic E-state index is 0.0751. The predicted octanol–water partition coefficient (Wildman–Crippen LogP) is 4.32. The highest BCUT2D eigenvalue weighted by Crippen LogP contribution is 2.41. The lowest BCUT2D eigenvalue weighted by atomic mass is 10.0. The van der Waals surface area contributed by atoms with Crippen LogP contribution in [0.25, 0.3) is 10.1 Å². The Hall–Kier alpha value is -2.12. The van der Waals surface area contributed by atoms with Crippen LogP contribution >= 0.6 is 27.3 Å². The zero-order valence-corrected chi connectivity index (χ0v) is 15.8. The van der Waals surface area contributed by atoms with Crippen molar-refractivity contribution in [3.63, 3.8) is 0 Å². The van der Waals surface area contributed by atoms with Gasteiger partial charge < -0.3 is 14.8 Å². The molecule has 5 nitrogen and oxygen atoms in total. The number of carbonyl (C=O) groups excluding carboxylic acids is 1. The quantitative estimate of drug-likeness (QED) is 0.643. The molecular weight excluding hydrogens is 404 g/mol. The summed E-state index contributed by atoms with van der Waals surface area (Å²) < 4.78 is 12.8. The van der Waals surface area contributed by atoms with Crippen LogP contribution in [0.2, 0.25) is 0 Å². The molecule has 1 aliphatic rings. The molecule has 7 heteroatoms. The largest absolute Gasteiger partial charge is 0.494 e. The van der Waals surface area contributed by atoms with E-state index in [4.69, 9.17) is 9.47 Å². The van der Waals surface area contributed by atoms with Crippen molar-refractivity contribution in [3.05, 3.63) is 51.6 Å². The first-order chi connectivity index (χ1) is 12.2. The maximum atomic E-state index is 12.9. The Kier molecular flexibility index (Phi) is 4.35. The number of ether oxygens (including phenoxy) is 2. The van der Waals surface area contributed by atoms with Gasteiger partial charge >= 0.3 is 0 Å². The average molecular weight is 419 g/mol. The number of rotatable bonds is 3. The van der Waals surface area contributed by atoms with Gasteiger partial charge in [-0.15, -0.1) is 11.3 Å². The van der Waals surface area contributed by atoms with Crippen molar-refractivity contribution in [1.82, 2.24) is 10.3 Å². The normalized spacial score (nSPS) is 16.2. The highest BCUT2D eigenvalue weighted by atomic mass is 79.9. The van der Waals surface area contributed by atoms with Gasteiger partial charge in [0.15, 0.2) is 0 Å². The van der Waals surface area contributed by atoms with Gasteiger partial charge in [0.05, 0.1) is 24.5 Å². The summed E-state index contributed by atoms with van der Waals surface area (Å²) in [7, 11) is 1.58. The minimum Gasteiger partial charge on any atom is -0.494 e. The Morgan fingerprint density at radius 1 is 1.40 bits per heavy atom. The van der Waals surface area contributed by atoms with E-state index in [-0.39, 0.29) is 11.9 Å². The first kappa shape index (κ1) is 16.4. The summed E-state index contributed by atoms with van der Waals surface area (Å²) >= 11 is 4.81. The fourth-order valence-corrected chi connectivity index (χ4v) is 4.66. The SMILES string of the molecule is COc1c(C(=O)N[C@H]2CCOc3ccccc32)sc2c(Br)nccc12. The topological polar surface area (TPSA) is 60.5 Å². The summed E-state index contributed by atoms with van der Waals surface area (Å²) in [5.74, 6) is 1.27. The van der Waals surface area contributed by atoms with Crippen LogP contribution in [-0.4, -0.2) is 24.6 Å². The van der Waals surface area contributed by atoms with Gasteiger partial charge in [-0.25, -0.2) is 4.98 Å². The Morgan fingerprint density at radius 3 is 3.08 bits per heavy atom. The highest BCUT2D eigenvalue weighted by molar-refractivity contribution is 9.10. The van der Waals surface area contributed by atoms with Gasteiger partial charge in [-0.2, -0.15) is 0 Å². The molecule has 0 radical (unpaired) electrons. The van der Waals surface area contributed by atoms with Gasteiger partial charge in [-0.3, -0.25) is 4.79 Å². The fourth-order valence-electron chi connectivity index (χ4n) is 3.04. The van der Waals surface area contributed by atoms with Crippen LogP contribution in [0.5, 0.6) is 11.5 Å². The van der Waals surface area contributed by atoms with Crippen molar-refractivity contribution in [1.29, 1.82) is 0 Å². The highest BCUT2D eigenvalue weighted by Gasteiger charge is 2.26. The fraction of sp³-hybridized carbons (Fsp3) is 0.222. The second-order valence-electron chi connectivity index (χ2n) is 5.64. The van der Waals surface area contributed by atoms with Crippen LogP contribution in [0.4, 0.5) is 0 Å². The van der Waals surface area contributed by atoms with Crippen LogP contribution in [0.1, 0.15) is 27.7 Å². The number of amides is 1. The number of fused-ring (bicyclic) bond motifs is 2. The van der Waals surface area contributed by atoms with Gasteiger partial charge in [0.2, 0.25) is 0 Å². The maximum absolute atomic E-state index is 12.9. The maximum Gasteiger partial charge on any atom is 0.265 e. The summed E-state index contributed by atoms with van der Waals surface area (Å²) in [5.41, 5.74) is 1.00. The minimum atomic E-state index is -0.147. The predicted molar refractivity (Wildman–Crippen MR) is 101 cm³/mol. The molecule has 25 heavy (non-hydrogen) atoms. The number of carbonyl (C=O) groups is 1. The number of halogens is 1. The van der Waals surface area contributed by atoms with E-state index in [2.05, 4.69) is 26.2 Å². The Labute approximate surface area is 157 Å². The first-order valence-corrected chi connectivity index (χ1v) is 9.43. The molecule has 0 spiro atoms. The van der Waals surface area contributed by atoms with Crippen LogP contribution < -0.4 is 14.8 Å². The number of nitrogens with zero attached hydrogens (tertiary/aromatic N) is 1. The van der Waals surface area contributed by atoms with Gasteiger partial charge in [-0.1, -0.05) is 18.2 Å². The van der Waals surface area contributed by atoms with Crippen molar-refractivity contribution < 1.29 is 14.3 Å². The van der Waals surface area contributed by atoms with Crippen molar-refractivity contribution >= 4 is 43.3 Å². The third-order valence-corrected chi connectivity index (χ3v) is 6.25. The number of hydrogen-bond acceptors (Lipinski definition) is 5. The molecule has 2 aromatic heterocycles. The summed E-state index contributed by atoms with van der Waals surface area (Å²) in [6, 6.07) is 9.58. The van der Waals surface area contributed by atoms with Gasteiger partial charge in [0, 0.05) is 23.6 Å². The van der Waals surface area contributed by atoms with E-state index in [9.17, 15) is 4.79 Å². The number of methoxy groups -OCH3 is 1. The molecule has 0 aliphatic carbocycles. The molecule has 1 amide bonds. The van der Waals surface area contributed by atoms with Crippen LogP contribution in [0.3, 0.4) is 0 Å². The van der Waals surface area contributed by atoms with E-state index < -0.39 is 0 Å². The van der Waals surface area contributed by atoms with Crippen LogP contribution in [-0.2, 0) is 0 Å².